The summed E-state index contributed by atoms with van der Waals surface area (Å²) in [5.74, 6) is -0.708. The van der Waals surface area contributed by atoms with Crippen molar-refractivity contribution in [3.63, 3.8) is 0 Å². The molecular formula is C23H42O5. The largest absolute Gasteiger partial charge is 0.458 e. The molecule has 1 N–H and O–H groups in total. The molecule has 1 aliphatic heterocycles. The average molecular weight is 399 g/mol. The van der Waals surface area contributed by atoms with Crippen LogP contribution in [0.15, 0.2) is 0 Å². The lowest BCUT2D eigenvalue weighted by Crippen LogP contribution is -2.30. The van der Waals surface area contributed by atoms with E-state index in [0.29, 0.717) is 6.42 Å². The topological polar surface area (TPSA) is 72.8 Å². The monoisotopic (exact) mass is 398 g/mol. The molecule has 1 heterocycles. The van der Waals surface area contributed by atoms with Gasteiger partial charge < -0.3 is 14.6 Å². The fourth-order valence-corrected chi connectivity index (χ4v) is 3.73. The maximum absolute atomic E-state index is 11.8. The third-order valence-corrected chi connectivity index (χ3v) is 5.51. The smallest absolute Gasteiger partial charge is 0.310 e. The van der Waals surface area contributed by atoms with Crippen LogP contribution in [0.4, 0.5) is 0 Å². The first-order valence-corrected chi connectivity index (χ1v) is 11.7. The van der Waals surface area contributed by atoms with Gasteiger partial charge in [0.25, 0.3) is 0 Å². The van der Waals surface area contributed by atoms with Crippen LogP contribution < -0.4 is 0 Å². The Morgan fingerprint density at radius 2 is 1.36 bits per heavy atom. The summed E-state index contributed by atoms with van der Waals surface area (Å²) in [4.78, 5) is 23.0. The molecule has 164 valence electrons. The van der Waals surface area contributed by atoms with E-state index >= 15 is 0 Å². The van der Waals surface area contributed by atoms with Crippen LogP contribution in [0.3, 0.4) is 0 Å². The molecule has 5 heteroatoms. The molecule has 1 rings (SSSR count). The van der Waals surface area contributed by atoms with E-state index in [2.05, 4.69) is 6.92 Å². The molecule has 0 spiro atoms. The molecule has 0 unspecified atom stereocenters. The van der Waals surface area contributed by atoms with E-state index in [4.69, 9.17) is 14.6 Å². The fourth-order valence-electron chi connectivity index (χ4n) is 3.73. The number of aliphatic hydroxyl groups excluding tert-OH is 1. The van der Waals surface area contributed by atoms with E-state index in [-0.39, 0.29) is 19.0 Å². The van der Waals surface area contributed by atoms with Crippen LogP contribution in [-0.2, 0) is 19.1 Å². The molecule has 1 aliphatic rings. The summed E-state index contributed by atoms with van der Waals surface area (Å²) in [5.41, 5.74) is 0. The van der Waals surface area contributed by atoms with Gasteiger partial charge in [0.2, 0.25) is 0 Å². The number of hydrogen-bond acceptors (Lipinski definition) is 5. The van der Waals surface area contributed by atoms with Crippen molar-refractivity contribution in [1.29, 1.82) is 0 Å². The minimum Gasteiger partial charge on any atom is -0.458 e. The summed E-state index contributed by atoms with van der Waals surface area (Å²) in [6, 6.07) is 0. The first-order valence-electron chi connectivity index (χ1n) is 11.7. The molecule has 1 fully saturated rings. The molecule has 0 aromatic rings. The SMILES string of the molecule is CCCCCCCCCCCCCCCCCC(=O)O[C@@H]1CC(=O)O[C@H]1CO. The molecule has 0 radical (unpaired) electrons. The lowest BCUT2D eigenvalue weighted by molar-refractivity contribution is -0.154. The Morgan fingerprint density at radius 1 is 0.893 bits per heavy atom. The van der Waals surface area contributed by atoms with Gasteiger partial charge in [-0.15, -0.1) is 0 Å². The standard InChI is InChI=1S/C23H42O5/c1-2-3-4-5-6-7-8-9-10-11-12-13-14-15-16-17-22(25)27-20-18-23(26)28-21(20)19-24/h20-21,24H,2-19H2,1H3/t20-,21+/m1/s1. The minimum atomic E-state index is -0.697. The molecule has 1 saturated heterocycles. The molecule has 0 aliphatic carbocycles. The van der Waals surface area contributed by atoms with Gasteiger partial charge in [-0.2, -0.15) is 0 Å². The lowest BCUT2D eigenvalue weighted by Gasteiger charge is -2.15. The number of carbonyl (C=O) groups is 2. The van der Waals surface area contributed by atoms with E-state index in [0.717, 1.165) is 19.3 Å². The summed E-state index contributed by atoms with van der Waals surface area (Å²) in [5, 5.41) is 9.12. The van der Waals surface area contributed by atoms with Crippen LogP contribution >= 0.6 is 0 Å². The Bertz CT molecular complexity index is 410. The normalized spacial score (nSPS) is 19.0. The van der Waals surface area contributed by atoms with Gasteiger partial charge in [0, 0.05) is 6.42 Å². The van der Waals surface area contributed by atoms with Crippen molar-refractivity contribution in [3.8, 4) is 0 Å². The van der Waals surface area contributed by atoms with Crippen molar-refractivity contribution < 1.29 is 24.2 Å². The van der Waals surface area contributed by atoms with Crippen LogP contribution in [0.1, 0.15) is 116 Å². The number of cyclic esters (lactones) is 1. The van der Waals surface area contributed by atoms with Crippen LogP contribution in [0, 0.1) is 0 Å². The van der Waals surface area contributed by atoms with Crippen LogP contribution in [0.2, 0.25) is 0 Å². The highest BCUT2D eigenvalue weighted by Gasteiger charge is 2.37. The second kappa shape index (κ2) is 16.8. The summed E-state index contributed by atoms with van der Waals surface area (Å²) in [7, 11) is 0. The van der Waals surface area contributed by atoms with Crippen molar-refractivity contribution in [2.45, 2.75) is 128 Å². The van der Waals surface area contributed by atoms with Crippen molar-refractivity contribution in [2.24, 2.45) is 0 Å². The van der Waals surface area contributed by atoms with Crippen molar-refractivity contribution in [3.05, 3.63) is 0 Å². The number of aliphatic hydroxyl groups is 1. The Hall–Kier alpha value is -1.10. The summed E-state index contributed by atoms with van der Waals surface area (Å²) in [6.45, 7) is 1.96. The quantitative estimate of drug-likeness (QED) is 0.245. The Balaban J connectivity index is 1.83. The summed E-state index contributed by atoms with van der Waals surface area (Å²) < 4.78 is 10.1. The van der Waals surface area contributed by atoms with E-state index in [1.54, 1.807) is 0 Å². The van der Waals surface area contributed by atoms with Crippen LogP contribution in [0.25, 0.3) is 0 Å². The van der Waals surface area contributed by atoms with Crippen molar-refractivity contribution >= 4 is 11.9 Å². The molecule has 0 bridgehead atoms. The Kier molecular flexibility index (Phi) is 15.0. The number of unbranched alkanes of at least 4 members (excludes halogenated alkanes) is 14. The Morgan fingerprint density at radius 3 is 1.82 bits per heavy atom. The number of hydrogen-bond donors (Lipinski definition) is 1. The van der Waals surface area contributed by atoms with Gasteiger partial charge in [-0.05, 0) is 6.42 Å². The highest BCUT2D eigenvalue weighted by Crippen LogP contribution is 2.19. The molecule has 0 aromatic carbocycles. The van der Waals surface area contributed by atoms with Gasteiger partial charge in [-0.1, -0.05) is 96.8 Å². The second-order valence-electron chi connectivity index (χ2n) is 8.14. The van der Waals surface area contributed by atoms with E-state index in [9.17, 15) is 9.59 Å². The highest BCUT2D eigenvalue weighted by atomic mass is 16.6. The predicted octanol–water partition coefficient (Wildman–Crippen LogP) is 5.47. The lowest BCUT2D eigenvalue weighted by atomic mass is 10.0. The highest BCUT2D eigenvalue weighted by molar-refractivity contribution is 5.74. The summed E-state index contributed by atoms with van der Waals surface area (Å²) >= 11 is 0. The van der Waals surface area contributed by atoms with Crippen LogP contribution in [0.5, 0.6) is 0 Å². The van der Waals surface area contributed by atoms with Gasteiger partial charge in [0.15, 0.2) is 12.2 Å². The first kappa shape index (κ1) is 24.9. The van der Waals surface area contributed by atoms with Gasteiger partial charge in [0.05, 0.1) is 13.0 Å². The number of ether oxygens (including phenoxy) is 2. The minimum absolute atomic E-state index is 0.0514. The zero-order chi connectivity index (χ0) is 20.5. The maximum atomic E-state index is 11.8. The van der Waals surface area contributed by atoms with E-state index < -0.39 is 18.2 Å². The van der Waals surface area contributed by atoms with Crippen molar-refractivity contribution in [1.82, 2.24) is 0 Å². The van der Waals surface area contributed by atoms with E-state index in [1.165, 1.54) is 77.0 Å². The third kappa shape index (κ3) is 12.4. The van der Waals surface area contributed by atoms with Crippen molar-refractivity contribution in [2.75, 3.05) is 6.61 Å². The van der Waals surface area contributed by atoms with E-state index in [1.807, 2.05) is 0 Å². The molecule has 0 aromatic heterocycles. The average Bonchev–Trinajstić information content (AvgIpc) is 3.04. The predicted molar refractivity (Wildman–Crippen MR) is 111 cm³/mol. The van der Waals surface area contributed by atoms with Gasteiger partial charge >= 0.3 is 11.9 Å². The molecular weight excluding hydrogens is 356 g/mol. The zero-order valence-corrected chi connectivity index (χ0v) is 18.0. The van der Waals surface area contributed by atoms with Crippen LogP contribution in [-0.4, -0.2) is 35.9 Å². The van der Waals surface area contributed by atoms with Gasteiger partial charge in [0.1, 0.15) is 0 Å². The molecule has 2 atom stereocenters. The molecule has 0 saturated carbocycles. The molecule has 5 nitrogen and oxygen atoms in total. The Labute approximate surface area is 171 Å². The number of carbonyl (C=O) groups excluding carboxylic acids is 2. The zero-order valence-electron chi connectivity index (χ0n) is 18.0. The molecule has 0 amide bonds. The maximum Gasteiger partial charge on any atom is 0.310 e. The first-order chi connectivity index (χ1) is 13.7. The second-order valence-corrected chi connectivity index (χ2v) is 8.14. The number of rotatable bonds is 18. The summed E-state index contributed by atoms with van der Waals surface area (Å²) in [6.07, 6.45) is 18.5. The number of esters is 2. The molecule has 28 heavy (non-hydrogen) atoms. The van der Waals surface area contributed by atoms with Gasteiger partial charge in [-0.25, -0.2) is 0 Å². The fraction of sp³-hybridized carbons (Fsp3) is 0.913. The van der Waals surface area contributed by atoms with Gasteiger partial charge in [-0.3, -0.25) is 9.59 Å². The third-order valence-electron chi connectivity index (χ3n) is 5.51.